The number of ether oxygens (including phenoxy) is 2. The average molecular weight is 522 g/mol. The highest BCUT2D eigenvalue weighted by molar-refractivity contribution is 6.30. The molecule has 1 aliphatic rings. The van der Waals surface area contributed by atoms with Gasteiger partial charge in [-0.25, -0.2) is 4.39 Å². The third kappa shape index (κ3) is 6.19. The molecule has 1 heterocycles. The van der Waals surface area contributed by atoms with E-state index < -0.39 is 54.3 Å². The molecule has 2 aromatic rings. The van der Waals surface area contributed by atoms with Crippen LogP contribution in [-0.2, 0) is 14.3 Å². The summed E-state index contributed by atoms with van der Waals surface area (Å²) in [5, 5.41) is 16.2. The lowest BCUT2D eigenvalue weighted by Crippen LogP contribution is -2.55. The molecular weight excluding hydrogens is 493 g/mol. The van der Waals surface area contributed by atoms with Crippen molar-refractivity contribution in [3.63, 3.8) is 0 Å². The van der Waals surface area contributed by atoms with Crippen molar-refractivity contribution in [3.8, 4) is 5.75 Å². The number of nitrogens with two attached hydrogens (primary N) is 1. The van der Waals surface area contributed by atoms with Gasteiger partial charge in [0, 0.05) is 11.1 Å². The van der Waals surface area contributed by atoms with Crippen molar-refractivity contribution >= 4 is 29.3 Å². The van der Waals surface area contributed by atoms with E-state index in [0.717, 1.165) is 6.07 Å². The Morgan fingerprint density at radius 1 is 1.25 bits per heavy atom. The van der Waals surface area contributed by atoms with Crippen LogP contribution in [0.25, 0.3) is 0 Å². The van der Waals surface area contributed by atoms with Gasteiger partial charge in [0.2, 0.25) is 5.91 Å². The largest absolute Gasteiger partial charge is 0.484 e. The molecule has 0 aliphatic carbocycles. The van der Waals surface area contributed by atoms with E-state index in [0.29, 0.717) is 16.9 Å². The third-order valence-corrected chi connectivity index (χ3v) is 6.08. The Kier molecular flexibility index (Phi) is 8.35. The number of aliphatic hydroxyl groups excluding tert-OH is 1. The summed E-state index contributed by atoms with van der Waals surface area (Å²) >= 11 is 5.88. The summed E-state index contributed by atoms with van der Waals surface area (Å²) < 4.78 is 25.5. The Morgan fingerprint density at radius 3 is 2.56 bits per heavy atom. The first-order valence-corrected chi connectivity index (χ1v) is 11.6. The van der Waals surface area contributed by atoms with E-state index in [-0.39, 0.29) is 16.4 Å². The van der Waals surface area contributed by atoms with Gasteiger partial charge in [-0.2, -0.15) is 0 Å². The number of fused-ring (bicyclic) bond motifs is 1. The Labute approximate surface area is 213 Å². The first kappa shape index (κ1) is 27.5. The topological polar surface area (TPSA) is 140 Å². The van der Waals surface area contributed by atoms with Gasteiger partial charge < -0.3 is 25.6 Å². The molecule has 0 fully saturated rings. The zero-order chi connectivity index (χ0) is 26.8. The maximum atomic E-state index is 13.6. The molecule has 4 atom stereocenters. The molecule has 1 unspecified atom stereocenters. The highest BCUT2D eigenvalue weighted by Gasteiger charge is 2.47. The third-order valence-electron chi connectivity index (χ3n) is 5.79. The van der Waals surface area contributed by atoms with Gasteiger partial charge in [0.25, 0.3) is 0 Å². The van der Waals surface area contributed by atoms with Crippen LogP contribution < -0.4 is 21.1 Å². The van der Waals surface area contributed by atoms with E-state index in [4.69, 9.17) is 26.8 Å². The van der Waals surface area contributed by atoms with Gasteiger partial charge in [-0.3, -0.25) is 19.7 Å². The van der Waals surface area contributed by atoms with Crippen molar-refractivity contribution < 1.29 is 33.4 Å². The molecule has 9 nitrogen and oxygen atoms in total. The molecule has 0 spiro atoms. The Bertz CT molecular complexity index is 1170. The van der Waals surface area contributed by atoms with E-state index in [1.807, 2.05) is 0 Å². The fourth-order valence-corrected chi connectivity index (χ4v) is 4.04. The monoisotopic (exact) mass is 521 g/mol. The predicted octanol–water partition coefficient (Wildman–Crippen LogP) is 2.55. The quantitative estimate of drug-likeness (QED) is 0.236. The number of rotatable bonds is 8. The lowest BCUT2D eigenvalue weighted by Gasteiger charge is -2.45. The number of hydrogen-bond acceptors (Lipinski definition) is 8. The fraction of sp³-hybridized carbons (Fsp3) is 0.400. The molecule has 0 aromatic heterocycles. The summed E-state index contributed by atoms with van der Waals surface area (Å²) in [5.41, 5.74) is 5.54. The second kappa shape index (κ2) is 10.9. The molecule has 5 N–H and O–H groups in total. The van der Waals surface area contributed by atoms with Crippen LogP contribution in [0.2, 0.25) is 5.02 Å². The number of aliphatic hydroxyl groups is 1. The summed E-state index contributed by atoms with van der Waals surface area (Å²) in [6.07, 6.45) is -2.37. The van der Waals surface area contributed by atoms with E-state index in [1.54, 1.807) is 32.0 Å². The smallest absolute Gasteiger partial charge is 0.325 e. The van der Waals surface area contributed by atoms with Crippen molar-refractivity contribution in [3.05, 3.63) is 63.9 Å². The molecule has 3 rings (SSSR count). The van der Waals surface area contributed by atoms with Gasteiger partial charge >= 0.3 is 5.97 Å². The van der Waals surface area contributed by atoms with Crippen molar-refractivity contribution in [1.82, 2.24) is 10.6 Å². The van der Waals surface area contributed by atoms with Gasteiger partial charge in [-0.05, 0) is 63.6 Å². The van der Waals surface area contributed by atoms with Crippen molar-refractivity contribution in [2.24, 2.45) is 5.73 Å². The van der Waals surface area contributed by atoms with Crippen LogP contribution in [0.1, 0.15) is 61.4 Å². The van der Waals surface area contributed by atoms with Gasteiger partial charge in [-0.1, -0.05) is 17.7 Å². The molecule has 0 saturated carbocycles. The summed E-state index contributed by atoms with van der Waals surface area (Å²) in [7, 11) is 0. The van der Waals surface area contributed by atoms with Crippen LogP contribution in [0.15, 0.2) is 36.4 Å². The molecule has 11 heteroatoms. The van der Waals surface area contributed by atoms with Crippen LogP contribution in [0.5, 0.6) is 5.75 Å². The predicted molar refractivity (Wildman–Crippen MR) is 130 cm³/mol. The van der Waals surface area contributed by atoms with E-state index in [9.17, 15) is 23.9 Å². The van der Waals surface area contributed by atoms with Gasteiger partial charge in [0.15, 0.2) is 11.9 Å². The zero-order valence-electron chi connectivity index (χ0n) is 20.3. The molecule has 0 radical (unpaired) electrons. The number of halogens is 2. The summed E-state index contributed by atoms with van der Waals surface area (Å²) in [6, 6.07) is 6.92. The van der Waals surface area contributed by atoms with Crippen LogP contribution >= 0.6 is 11.6 Å². The minimum absolute atomic E-state index is 0.173. The number of hydrogen-bond donors (Lipinski definition) is 4. The molecule has 194 valence electrons. The number of carbonyl (C=O) groups is 3. The minimum atomic E-state index is -1.35. The normalized spacial score (nSPS) is 19.9. The Morgan fingerprint density at radius 2 is 1.94 bits per heavy atom. The summed E-state index contributed by atoms with van der Waals surface area (Å²) in [4.78, 5) is 36.5. The van der Waals surface area contributed by atoms with E-state index in [2.05, 4.69) is 10.6 Å². The van der Waals surface area contributed by atoms with E-state index >= 15 is 0 Å². The molecule has 0 saturated heterocycles. The number of nitrogens with one attached hydrogen (secondary N) is 2. The van der Waals surface area contributed by atoms with Crippen LogP contribution in [-0.4, -0.2) is 47.1 Å². The average Bonchev–Trinajstić information content (AvgIpc) is 2.80. The second-order valence-electron chi connectivity index (χ2n) is 9.15. The van der Waals surface area contributed by atoms with Crippen LogP contribution in [0.4, 0.5) is 4.39 Å². The number of amides is 1. The highest BCUT2D eigenvalue weighted by atomic mass is 35.5. The van der Waals surface area contributed by atoms with E-state index in [1.165, 1.54) is 26.0 Å². The number of esters is 1. The van der Waals surface area contributed by atoms with Crippen LogP contribution in [0.3, 0.4) is 0 Å². The number of benzene rings is 2. The molecule has 2 aromatic carbocycles. The number of ketones is 1. The molecule has 1 amide bonds. The van der Waals surface area contributed by atoms with Gasteiger partial charge in [0.1, 0.15) is 29.9 Å². The highest BCUT2D eigenvalue weighted by Crippen LogP contribution is 2.43. The van der Waals surface area contributed by atoms with Gasteiger partial charge in [0.05, 0.1) is 17.1 Å². The Balaban J connectivity index is 1.97. The maximum Gasteiger partial charge on any atom is 0.325 e. The number of Topliss-reactive ketones (excluding diaryl/α,β-unsaturated/α-hetero) is 1. The maximum absolute atomic E-state index is 13.6. The second-order valence-corrected chi connectivity index (χ2v) is 9.56. The van der Waals surface area contributed by atoms with Crippen molar-refractivity contribution in [2.75, 3.05) is 6.54 Å². The first-order chi connectivity index (χ1) is 16.8. The van der Waals surface area contributed by atoms with Crippen molar-refractivity contribution in [1.29, 1.82) is 0 Å². The summed E-state index contributed by atoms with van der Waals surface area (Å²) in [6.45, 7) is 5.85. The minimum Gasteiger partial charge on any atom is -0.484 e. The zero-order valence-corrected chi connectivity index (χ0v) is 21.1. The van der Waals surface area contributed by atoms with Crippen molar-refractivity contribution in [2.45, 2.75) is 57.7 Å². The summed E-state index contributed by atoms with van der Waals surface area (Å²) in [5.74, 6) is -1.70. The standard InChI is InChI=1S/C25H29ClFN3O6/c1-12(28)23(33)29-11-20(32)35-22-21(30-24(34)15-5-7-18(27)17(26)10-15)16-9-14(13(2)31)6-8-19(16)36-25(22,3)4/h5-10,12,21-22,24,30,34H,11,28H2,1-4H3,(H,29,33)/t12-,21-,22-,24?/m0/s1. The molecule has 0 bridgehead atoms. The van der Waals surface area contributed by atoms with Crippen LogP contribution in [0, 0.1) is 5.82 Å². The number of carbonyl (C=O) groups excluding carboxylic acids is 3. The molecular formula is C25H29ClFN3O6. The SMILES string of the molecule is CC(=O)c1ccc2c(c1)[C@H](NC(O)c1ccc(F)c(Cl)c1)[C@H](OC(=O)CNC(=O)[C@H](C)N)C(C)(C)O2. The molecule has 1 aliphatic heterocycles. The molecule has 36 heavy (non-hydrogen) atoms. The lowest BCUT2D eigenvalue weighted by molar-refractivity contribution is -0.166. The lowest BCUT2D eigenvalue weighted by atomic mass is 9.85. The Hall–Kier alpha value is -3.05. The first-order valence-electron chi connectivity index (χ1n) is 11.3. The van der Waals surface area contributed by atoms with Gasteiger partial charge in [-0.15, -0.1) is 0 Å². The fourth-order valence-electron chi connectivity index (χ4n) is 3.85.